The number of hydrogen-bond donors (Lipinski definition) is 2. The second-order valence-corrected chi connectivity index (χ2v) is 6.13. The number of aryl methyl sites for hydroxylation is 1. The summed E-state index contributed by atoms with van der Waals surface area (Å²) in [6, 6.07) is 25.4. The maximum Gasteiger partial charge on any atom is 0.257 e. The van der Waals surface area contributed by atoms with Crippen LogP contribution in [0.5, 0.6) is 0 Å². The average Bonchev–Trinajstić information content (AvgIpc) is 2.62. The van der Waals surface area contributed by atoms with Crippen molar-refractivity contribution in [2.75, 3.05) is 5.32 Å². The third kappa shape index (κ3) is 4.52. The Labute approximate surface area is 152 Å². The maximum atomic E-state index is 12.2. The first-order chi connectivity index (χ1) is 12.1. The first kappa shape index (κ1) is 16.9. The van der Waals surface area contributed by atoms with Gasteiger partial charge in [-0.1, -0.05) is 60.2 Å². The van der Waals surface area contributed by atoms with Gasteiger partial charge in [0.15, 0.2) is 5.11 Å². The quantitative estimate of drug-likeness (QED) is 0.670. The van der Waals surface area contributed by atoms with Crippen LogP contribution in [-0.2, 0) is 0 Å². The Kier molecular flexibility index (Phi) is 5.21. The van der Waals surface area contributed by atoms with Gasteiger partial charge in [-0.3, -0.25) is 10.1 Å². The maximum absolute atomic E-state index is 12.2. The minimum Gasteiger partial charge on any atom is -0.332 e. The minimum atomic E-state index is -0.222. The number of amides is 1. The van der Waals surface area contributed by atoms with Crippen LogP contribution in [0.15, 0.2) is 78.9 Å². The van der Waals surface area contributed by atoms with Crippen molar-refractivity contribution in [2.24, 2.45) is 0 Å². The molecule has 0 radical (unpaired) electrons. The number of rotatable bonds is 3. The van der Waals surface area contributed by atoms with Crippen LogP contribution in [0, 0.1) is 6.92 Å². The highest BCUT2D eigenvalue weighted by molar-refractivity contribution is 7.80. The molecule has 0 saturated heterocycles. The predicted molar refractivity (Wildman–Crippen MR) is 107 cm³/mol. The van der Waals surface area contributed by atoms with Crippen LogP contribution in [0.2, 0.25) is 0 Å². The second kappa shape index (κ2) is 7.73. The molecule has 1 amide bonds. The average molecular weight is 346 g/mol. The van der Waals surface area contributed by atoms with E-state index in [0.717, 1.165) is 22.4 Å². The number of carbonyl (C=O) groups is 1. The standard InChI is InChI=1S/C21H18N2OS/c1-15-7-5-11-18(13-15)20(24)23-21(25)22-19-12-6-10-17(14-19)16-8-3-2-4-9-16/h2-14H,1H3,(H2,22,23,24,25). The number of nitrogens with one attached hydrogen (secondary N) is 2. The van der Waals surface area contributed by atoms with Gasteiger partial charge >= 0.3 is 0 Å². The van der Waals surface area contributed by atoms with Crippen LogP contribution in [0.3, 0.4) is 0 Å². The van der Waals surface area contributed by atoms with E-state index in [2.05, 4.69) is 22.8 Å². The SMILES string of the molecule is Cc1cccc(C(=O)NC(=S)Nc2cccc(-c3ccccc3)c2)c1. The van der Waals surface area contributed by atoms with E-state index in [-0.39, 0.29) is 11.0 Å². The first-order valence-corrected chi connectivity index (χ1v) is 8.37. The lowest BCUT2D eigenvalue weighted by atomic mass is 10.1. The zero-order valence-corrected chi connectivity index (χ0v) is 14.6. The van der Waals surface area contributed by atoms with Crippen LogP contribution in [0.1, 0.15) is 15.9 Å². The molecule has 0 aliphatic carbocycles. The normalized spacial score (nSPS) is 10.1. The Morgan fingerprint density at radius 1 is 0.840 bits per heavy atom. The summed E-state index contributed by atoms with van der Waals surface area (Å²) in [7, 11) is 0. The molecule has 25 heavy (non-hydrogen) atoms. The molecule has 0 aromatic heterocycles. The molecule has 0 fully saturated rings. The fourth-order valence-electron chi connectivity index (χ4n) is 2.53. The molecule has 0 aliphatic rings. The third-order valence-corrected chi connectivity index (χ3v) is 3.94. The first-order valence-electron chi connectivity index (χ1n) is 7.96. The highest BCUT2D eigenvalue weighted by atomic mass is 32.1. The number of carbonyl (C=O) groups excluding carboxylic acids is 1. The largest absolute Gasteiger partial charge is 0.332 e. The minimum absolute atomic E-state index is 0.222. The highest BCUT2D eigenvalue weighted by Gasteiger charge is 2.08. The van der Waals surface area contributed by atoms with E-state index in [1.807, 2.05) is 67.6 Å². The van der Waals surface area contributed by atoms with Crippen molar-refractivity contribution >= 4 is 28.9 Å². The Hall–Kier alpha value is -2.98. The smallest absolute Gasteiger partial charge is 0.257 e. The Morgan fingerprint density at radius 2 is 1.56 bits per heavy atom. The van der Waals surface area contributed by atoms with Crippen molar-refractivity contribution in [2.45, 2.75) is 6.92 Å². The monoisotopic (exact) mass is 346 g/mol. The van der Waals surface area contributed by atoms with E-state index in [1.165, 1.54) is 0 Å². The van der Waals surface area contributed by atoms with Gasteiger partial charge in [0.2, 0.25) is 0 Å². The number of hydrogen-bond acceptors (Lipinski definition) is 2. The summed E-state index contributed by atoms with van der Waals surface area (Å²) >= 11 is 5.26. The van der Waals surface area contributed by atoms with Crippen LogP contribution in [-0.4, -0.2) is 11.0 Å². The van der Waals surface area contributed by atoms with E-state index >= 15 is 0 Å². The fourth-order valence-corrected chi connectivity index (χ4v) is 2.74. The van der Waals surface area contributed by atoms with Crippen molar-refractivity contribution in [1.82, 2.24) is 5.32 Å². The van der Waals surface area contributed by atoms with E-state index in [0.29, 0.717) is 5.56 Å². The number of benzene rings is 3. The Bertz CT molecular complexity index is 907. The third-order valence-electron chi connectivity index (χ3n) is 3.73. The molecule has 0 aliphatic heterocycles. The molecule has 0 atom stereocenters. The molecule has 3 rings (SSSR count). The van der Waals surface area contributed by atoms with Gasteiger partial charge in [0.25, 0.3) is 5.91 Å². The van der Waals surface area contributed by atoms with Gasteiger partial charge in [0, 0.05) is 11.3 Å². The van der Waals surface area contributed by atoms with Crippen molar-refractivity contribution in [3.63, 3.8) is 0 Å². The van der Waals surface area contributed by atoms with Gasteiger partial charge in [-0.15, -0.1) is 0 Å². The van der Waals surface area contributed by atoms with Crippen LogP contribution >= 0.6 is 12.2 Å². The second-order valence-electron chi connectivity index (χ2n) is 5.72. The van der Waals surface area contributed by atoms with Gasteiger partial charge < -0.3 is 5.32 Å². The lowest BCUT2D eigenvalue weighted by Crippen LogP contribution is -2.34. The van der Waals surface area contributed by atoms with Crippen LogP contribution in [0.4, 0.5) is 5.69 Å². The summed E-state index contributed by atoms with van der Waals surface area (Å²) in [6.45, 7) is 1.95. The van der Waals surface area contributed by atoms with E-state index in [4.69, 9.17) is 12.2 Å². The van der Waals surface area contributed by atoms with E-state index < -0.39 is 0 Å². The van der Waals surface area contributed by atoms with Crippen molar-refractivity contribution in [3.05, 3.63) is 90.0 Å². The van der Waals surface area contributed by atoms with Gasteiger partial charge in [-0.05, 0) is 54.5 Å². The fraction of sp³-hybridized carbons (Fsp3) is 0.0476. The van der Waals surface area contributed by atoms with Crippen molar-refractivity contribution < 1.29 is 4.79 Å². The lowest BCUT2D eigenvalue weighted by Gasteiger charge is -2.11. The predicted octanol–water partition coefficient (Wildman–Crippen LogP) is 4.79. The summed E-state index contributed by atoms with van der Waals surface area (Å²) in [6.07, 6.45) is 0. The molecule has 3 aromatic carbocycles. The van der Waals surface area contributed by atoms with Crippen LogP contribution < -0.4 is 10.6 Å². The van der Waals surface area contributed by atoms with Gasteiger partial charge in [0.05, 0.1) is 0 Å². The molecule has 3 aromatic rings. The Balaban J connectivity index is 1.68. The zero-order valence-electron chi connectivity index (χ0n) is 13.8. The van der Waals surface area contributed by atoms with Crippen LogP contribution in [0.25, 0.3) is 11.1 Å². The number of anilines is 1. The van der Waals surface area contributed by atoms with E-state index in [1.54, 1.807) is 6.07 Å². The molecule has 0 heterocycles. The summed E-state index contributed by atoms with van der Waals surface area (Å²) in [4.78, 5) is 12.2. The van der Waals surface area contributed by atoms with Crippen molar-refractivity contribution in [3.8, 4) is 11.1 Å². The molecular weight excluding hydrogens is 328 g/mol. The summed E-state index contributed by atoms with van der Waals surface area (Å²) in [5.41, 5.74) is 4.65. The highest BCUT2D eigenvalue weighted by Crippen LogP contribution is 2.22. The molecule has 2 N–H and O–H groups in total. The zero-order chi connectivity index (χ0) is 17.6. The van der Waals surface area contributed by atoms with Gasteiger partial charge in [0.1, 0.15) is 0 Å². The Morgan fingerprint density at radius 3 is 2.32 bits per heavy atom. The molecule has 124 valence electrons. The summed E-state index contributed by atoms with van der Waals surface area (Å²) in [5, 5.41) is 6.05. The lowest BCUT2D eigenvalue weighted by molar-refractivity contribution is 0.0977. The molecule has 0 spiro atoms. The van der Waals surface area contributed by atoms with Crippen molar-refractivity contribution in [1.29, 1.82) is 0 Å². The molecule has 0 saturated carbocycles. The molecular formula is C21H18N2OS. The summed E-state index contributed by atoms with van der Waals surface area (Å²) < 4.78 is 0. The van der Waals surface area contributed by atoms with E-state index in [9.17, 15) is 4.79 Å². The molecule has 0 bridgehead atoms. The topological polar surface area (TPSA) is 41.1 Å². The van der Waals surface area contributed by atoms with Gasteiger partial charge in [-0.25, -0.2) is 0 Å². The summed E-state index contributed by atoms with van der Waals surface area (Å²) in [5.74, 6) is -0.222. The molecule has 0 unspecified atom stereocenters. The molecule has 4 heteroatoms. The number of thiocarbonyl (C=S) groups is 1. The van der Waals surface area contributed by atoms with Gasteiger partial charge in [-0.2, -0.15) is 0 Å². The molecule has 3 nitrogen and oxygen atoms in total.